The number of methoxy groups -OCH3 is 1. The number of aromatic amines is 1. The minimum atomic E-state index is -2.11. The number of carbonyl (C=O) groups excluding carboxylic acids is 1. The lowest BCUT2D eigenvalue weighted by Gasteiger charge is -2.42. The van der Waals surface area contributed by atoms with E-state index in [1.807, 2.05) is 91.9 Å². The zero-order chi connectivity index (χ0) is 34.4. The SMILES string of the molecule is COc1cc(C=Cc2cc(CSc3cccc(C(=O)Nc4ccc5nc(C)ccc5c4)c3)[nH]n2)ccc1O[Si](C(C)C)(C(C)C)C(C)C. The van der Waals surface area contributed by atoms with Crippen LogP contribution in [0.1, 0.15) is 74.5 Å². The van der Waals surface area contributed by atoms with Crippen LogP contribution in [-0.2, 0) is 5.75 Å². The molecule has 2 aromatic heterocycles. The fraction of sp³-hybridized carbons (Fsp3) is 0.308. The highest BCUT2D eigenvalue weighted by molar-refractivity contribution is 7.98. The van der Waals surface area contributed by atoms with Gasteiger partial charge in [0.05, 0.1) is 18.3 Å². The zero-order valence-electron chi connectivity index (χ0n) is 29.1. The summed E-state index contributed by atoms with van der Waals surface area (Å²) < 4.78 is 12.7. The van der Waals surface area contributed by atoms with E-state index >= 15 is 0 Å². The number of H-pyrrole nitrogens is 1. The van der Waals surface area contributed by atoms with Crippen LogP contribution in [0.15, 0.2) is 83.8 Å². The predicted octanol–water partition coefficient (Wildman–Crippen LogP) is 10.5. The first-order valence-electron chi connectivity index (χ1n) is 16.5. The largest absolute Gasteiger partial charge is 0.540 e. The van der Waals surface area contributed by atoms with Crippen LogP contribution in [0.25, 0.3) is 23.1 Å². The lowest BCUT2D eigenvalue weighted by Crippen LogP contribution is -2.50. The van der Waals surface area contributed by atoms with Crippen LogP contribution in [0.3, 0.4) is 0 Å². The van der Waals surface area contributed by atoms with Crippen LogP contribution in [-0.4, -0.2) is 36.5 Å². The smallest absolute Gasteiger partial charge is 0.258 e. The number of benzene rings is 3. The standard InChI is InChI=1S/C39H46N4O3SSi/c1-25(2)48(26(3)4,27(5)6)46-37-19-14-29(20-38(37)45-8)13-16-33-23-34(43-42-33)24-47-35-11-9-10-31(22-35)39(44)41-32-17-18-36-30(21-32)15-12-28(7)40-36/h9-23,25-27H,24H2,1-8H3,(H,41,44)(H,42,43). The molecule has 0 saturated heterocycles. The van der Waals surface area contributed by atoms with Crippen LogP contribution < -0.4 is 14.5 Å². The summed E-state index contributed by atoms with van der Waals surface area (Å²) in [5.74, 6) is 2.11. The second kappa shape index (κ2) is 15.3. The van der Waals surface area contributed by atoms with Crippen molar-refractivity contribution in [2.45, 2.75) is 75.7 Å². The third kappa shape index (κ3) is 8.02. The fourth-order valence-corrected chi connectivity index (χ4v) is 12.6. The van der Waals surface area contributed by atoms with Gasteiger partial charge in [-0.1, -0.05) is 65.8 Å². The maximum Gasteiger partial charge on any atom is 0.258 e. The summed E-state index contributed by atoms with van der Waals surface area (Å²) >= 11 is 1.65. The van der Waals surface area contributed by atoms with E-state index in [2.05, 4.69) is 68.1 Å². The van der Waals surface area contributed by atoms with E-state index in [-0.39, 0.29) is 5.91 Å². The van der Waals surface area contributed by atoms with Crippen molar-refractivity contribution in [2.75, 3.05) is 12.4 Å². The maximum atomic E-state index is 13.1. The number of thioether (sulfide) groups is 1. The van der Waals surface area contributed by atoms with E-state index in [0.717, 1.165) is 55.6 Å². The summed E-state index contributed by atoms with van der Waals surface area (Å²) in [7, 11) is -0.409. The van der Waals surface area contributed by atoms with Gasteiger partial charge in [0.2, 0.25) is 0 Å². The molecular weight excluding hydrogens is 633 g/mol. The highest BCUT2D eigenvalue weighted by Gasteiger charge is 2.47. The Morgan fingerprint density at radius 1 is 0.896 bits per heavy atom. The molecule has 1 amide bonds. The van der Waals surface area contributed by atoms with Crippen molar-refractivity contribution < 1.29 is 14.0 Å². The van der Waals surface area contributed by atoms with Crippen molar-refractivity contribution in [2.24, 2.45) is 0 Å². The summed E-state index contributed by atoms with van der Waals surface area (Å²) in [5.41, 5.74) is 7.48. The third-order valence-electron chi connectivity index (χ3n) is 8.86. The molecule has 48 heavy (non-hydrogen) atoms. The Balaban J connectivity index is 1.20. The molecule has 0 fully saturated rings. The molecule has 0 aliphatic carbocycles. The maximum absolute atomic E-state index is 13.1. The van der Waals surface area contributed by atoms with Gasteiger partial charge in [-0.25, -0.2) is 0 Å². The average molecular weight is 679 g/mol. The van der Waals surface area contributed by atoms with Gasteiger partial charge < -0.3 is 14.5 Å². The first kappa shape index (κ1) is 35.0. The van der Waals surface area contributed by atoms with Gasteiger partial charge in [-0.2, -0.15) is 5.10 Å². The van der Waals surface area contributed by atoms with Crippen molar-refractivity contribution in [3.05, 3.63) is 107 Å². The number of amides is 1. The van der Waals surface area contributed by atoms with Gasteiger partial charge in [0.1, 0.15) is 5.75 Å². The Labute approximate surface area is 289 Å². The Kier molecular flexibility index (Phi) is 11.1. The molecule has 9 heteroatoms. The summed E-state index contributed by atoms with van der Waals surface area (Å²) in [4.78, 5) is 18.6. The molecule has 2 N–H and O–H groups in total. The number of nitrogens with zero attached hydrogens (tertiary/aromatic N) is 2. The Morgan fingerprint density at radius 2 is 1.67 bits per heavy atom. The van der Waals surface area contributed by atoms with Crippen molar-refractivity contribution >= 4 is 54.7 Å². The first-order valence-corrected chi connectivity index (χ1v) is 19.6. The molecule has 0 aliphatic rings. The van der Waals surface area contributed by atoms with Crippen LogP contribution in [0.5, 0.6) is 11.5 Å². The molecule has 7 nitrogen and oxygen atoms in total. The monoisotopic (exact) mass is 678 g/mol. The number of rotatable bonds is 13. The summed E-state index contributed by atoms with van der Waals surface area (Å²) in [5, 5.41) is 11.6. The molecule has 0 radical (unpaired) electrons. The minimum absolute atomic E-state index is 0.150. The van der Waals surface area contributed by atoms with Gasteiger partial charge in [-0.05, 0) is 95.9 Å². The molecule has 0 saturated carbocycles. The second-order valence-corrected chi connectivity index (χ2v) is 19.5. The first-order chi connectivity index (χ1) is 23.0. The number of pyridine rings is 1. The lowest BCUT2D eigenvalue weighted by atomic mass is 10.1. The van der Waals surface area contributed by atoms with Gasteiger partial charge in [0.25, 0.3) is 14.2 Å². The predicted molar refractivity (Wildman–Crippen MR) is 203 cm³/mol. The number of nitrogens with one attached hydrogen (secondary N) is 2. The van der Waals surface area contributed by atoms with E-state index < -0.39 is 8.32 Å². The molecule has 0 unspecified atom stereocenters. The van der Waals surface area contributed by atoms with Crippen LogP contribution >= 0.6 is 11.8 Å². The van der Waals surface area contributed by atoms with Crippen molar-refractivity contribution in [1.29, 1.82) is 0 Å². The number of aryl methyl sites for hydroxylation is 1. The second-order valence-electron chi connectivity index (χ2n) is 13.1. The topological polar surface area (TPSA) is 89.1 Å². The summed E-state index contributed by atoms with van der Waals surface area (Å²) in [6, 6.07) is 25.6. The molecule has 0 spiro atoms. The Bertz CT molecular complexity index is 1900. The fourth-order valence-electron chi connectivity index (χ4n) is 6.53. The van der Waals surface area contributed by atoms with E-state index in [4.69, 9.17) is 9.16 Å². The van der Waals surface area contributed by atoms with Gasteiger partial charge in [-0.3, -0.25) is 14.9 Å². The molecular formula is C39H46N4O3SSi. The molecule has 2 heterocycles. The van der Waals surface area contributed by atoms with Crippen LogP contribution in [0.2, 0.25) is 16.6 Å². The number of hydrogen-bond donors (Lipinski definition) is 2. The van der Waals surface area contributed by atoms with Gasteiger partial charge >= 0.3 is 0 Å². The van der Waals surface area contributed by atoms with E-state index in [1.54, 1.807) is 18.9 Å². The molecule has 5 rings (SSSR count). The quantitative estimate of drug-likeness (QED) is 0.0952. The summed E-state index contributed by atoms with van der Waals surface area (Å²) in [6.45, 7) is 15.7. The van der Waals surface area contributed by atoms with Gasteiger partial charge in [0, 0.05) is 38.7 Å². The molecule has 0 bridgehead atoms. The summed E-state index contributed by atoms with van der Waals surface area (Å²) in [6.07, 6.45) is 4.02. The molecule has 0 atom stereocenters. The number of carbonyl (C=O) groups is 1. The van der Waals surface area contributed by atoms with E-state index in [9.17, 15) is 4.79 Å². The van der Waals surface area contributed by atoms with E-state index in [0.29, 0.717) is 27.9 Å². The Morgan fingerprint density at radius 3 is 2.40 bits per heavy atom. The van der Waals surface area contributed by atoms with Crippen molar-refractivity contribution in [3.63, 3.8) is 0 Å². The highest BCUT2D eigenvalue weighted by atomic mass is 32.2. The molecule has 0 aliphatic heterocycles. The normalized spacial score (nSPS) is 12.1. The number of ether oxygens (including phenoxy) is 1. The number of fused-ring (bicyclic) bond motifs is 1. The molecule has 5 aromatic rings. The van der Waals surface area contributed by atoms with Crippen molar-refractivity contribution in [3.8, 4) is 11.5 Å². The lowest BCUT2D eigenvalue weighted by molar-refractivity contribution is 0.102. The average Bonchev–Trinajstić information content (AvgIpc) is 3.53. The van der Waals surface area contributed by atoms with Gasteiger partial charge in [0.15, 0.2) is 5.75 Å². The molecule has 3 aromatic carbocycles. The van der Waals surface area contributed by atoms with E-state index in [1.165, 1.54) is 0 Å². The Hall–Kier alpha value is -4.34. The van der Waals surface area contributed by atoms with Crippen LogP contribution in [0.4, 0.5) is 5.69 Å². The minimum Gasteiger partial charge on any atom is -0.540 e. The number of hydrogen-bond acceptors (Lipinski definition) is 6. The third-order valence-corrected chi connectivity index (χ3v) is 15.9. The van der Waals surface area contributed by atoms with Crippen molar-refractivity contribution in [1.82, 2.24) is 15.2 Å². The number of anilines is 1. The highest BCUT2D eigenvalue weighted by Crippen LogP contribution is 2.45. The van der Waals surface area contributed by atoms with Gasteiger partial charge in [-0.15, -0.1) is 11.8 Å². The molecule has 250 valence electrons. The van der Waals surface area contributed by atoms with Crippen LogP contribution in [0, 0.1) is 6.92 Å². The number of aromatic nitrogens is 3. The zero-order valence-corrected chi connectivity index (χ0v) is 30.9.